The minimum atomic E-state index is -3.90. The smallest absolute Gasteiger partial charge is 0.207 e. The molecule has 0 aliphatic carbocycles. The number of benzene rings is 1. The van der Waals surface area contributed by atoms with Crippen molar-refractivity contribution in [2.45, 2.75) is 11.8 Å². The molecule has 0 unspecified atom stereocenters. The van der Waals surface area contributed by atoms with Crippen molar-refractivity contribution in [3.05, 3.63) is 28.0 Å². The molecular formula is C7H5BrClFO2S. The largest absolute Gasteiger partial charge is 0.262 e. The lowest BCUT2D eigenvalue weighted by Gasteiger charge is -2.04. The second-order valence-corrected chi connectivity index (χ2v) is 5.78. The second-order valence-electron chi connectivity index (χ2n) is 2.42. The van der Waals surface area contributed by atoms with Crippen LogP contribution in [0.2, 0.25) is 0 Å². The van der Waals surface area contributed by atoms with Gasteiger partial charge in [-0.05, 0) is 35.0 Å². The minimum Gasteiger partial charge on any atom is -0.207 e. The Kier molecular flexibility index (Phi) is 2.99. The van der Waals surface area contributed by atoms with Crippen molar-refractivity contribution >= 4 is 35.7 Å². The van der Waals surface area contributed by atoms with Crippen LogP contribution in [0.25, 0.3) is 0 Å². The average Bonchev–Trinajstić information content (AvgIpc) is 1.95. The lowest BCUT2D eigenvalue weighted by Crippen LogP contribution is -1.98. The van der Waals surface area contributed by atoms with Gasteiger partial charge in [0.25, 0.3) is 9.05 Å². The van der Waals surface area contributed by atoms with Gasteiger partial charge in [-0.25, -0.2) is 12.8 Å². The molecule has 0 fully saturated rings. The third-order valence-corrected chi connectivity index (χ3v) is 3.94. The zero-order chi connectivity index (χ0) is 10.2. The Morgan fingerprint density at radius 3 is 2.38 bits per heavy atom. The Bertz CT molecular complexity index is 444. The fraction of sp³-hybridized carbons (Fsp3) is 0.143. The summed E-state index contributed by atoms with van der Waals surface area (Å²) in [5.41, 5.74) is 0.0179. The fourth-order valence-corrected chi connectivity index (χ4v) is 3.64. The molecule has 0 saturated heterocycles. The Balaban J connectivity index is 3.62. The Morgan fingerprint density at radius 2 is 2.00 bits per heavy atom. The Morgan fingerprint density at radius 1 is 1.46 bits per heavy atom. The topological polar surface area (TPSA) is 34.1 Å². The molecule has 0 N–H and O–H groups in total. The van der Waals surface area contributed by atoms with E-state index in [1.54, 1.807) is 0 Å². The SMILES string of the molecule is Cc1c(F)ccc(Br)c1S(=O)(=O)Cl. The molecular weight excluding hydrogens is 282 g/mol. The van der Waals surface area contributed by atoms with Crippen molar-refractivity contribution in [2.75, 3.05) is 0 Å². The molecule has 1 aromatic rings. The Labute approximate surface area is 88.3 Å². The molecule has 0 spiro atoms. The van der Waals surface area contributed by atoms with E-state index in [4.69, 9.17) is 10.7 Å². The summed E-state index contributed by atoms with van der Waals surface area (Å²) in [4.78, 5) is -0.214. The van der Waals surface area contributed by atoms with Crippen LogP contribution in [0.3, 0.4) is 0 Å². The van der Waals surface area contributed by atoms with E-state index in [0.717, 1.165) is 0 Å². The lowest BCUT2D eigenvalue weighted by molar-refractivity contribution is 0.595. The van der Waals surface area contributed by atoms with Gasteiger partial charge in [0.2, 0.25) is 0 Å². The van der Waals surface area contributed by atoms with Gasteiger partial charge in [0, 0.05) is 20.7 Å². The number of hydrogen-bond acceptors (Lipinski definition) is 2. The second kappa shape index (κ2) is 3.55. The highest BCUT2D eigenvalue weighted by Crippen LogP contribution is 2.29. The summed E-state index contributed by atoms with van der Waals surface area (Å²) < 4.78 is 35.2. The third-order valence-electron chi connectivity index (χ3n) is 1.54. The maximum Gasteiger partial charge on any atom is 0.262 e. The van der Waals surface area contributed by atoms with Gasteiger partial charge in [-0.2, -0.15) is 0 Å². The average molecular weight is 288 g/mol. The maximum absolute atomic E-state index is 12.9. The van der Waals surface area contributed by atoms with E-state index >= 15 is 0 Å². The standard InChI is InChI=1S/C7H5BrClFO2S/c1-4-6(10)3-2-5(8)7(4)13(9,11)12/h2-3H,1H3. The molecule has 0 atom stereocenters. The molecule has 1 rings (SSSR count). The van der Waals surface area contributed by atoms with Gasteiger partial charge in [-0.3, -0.25) is 0 Å². The summed E-state index contributed by atoms with van der Waals surface area (Å²) in [7, 11) is 1.22. The predicted molar refractivity (Wildman–Crippen MR) is 51.9 cm³/mol. The lowest BCUT2D eigenvalue weighted by atomic mass is 10.2. The van der Waals surface area contributed by atoms with E-state index in [0.29, 0.717) is 0 Å². The van der Waals surface area contributed by atoms with Crippen molar-refractivity contribution in [3.8, 4) is 0 Å². The Hall–Kier alpha value is -0.130. The molecule has 0 bridgehead atoms. The first-order valence-corrected chi connectivity index (χ1v) is 6.33. The number of rotatable bonds is 1. The van der Waals surface area contributed by atoms with E-state index in [9.17, 15) is 12.8 Å². The molecule has 0 radical (unpaired) electrons. The summed E-state index contributed by atoms with van der Waals surface area (Å²) in [6.45, 7) is 1.36. The normalized spacial score (nSPS) is 11.7. The molecule has 13 heavy (non-hydrogen) atoms. The maximum atomic E-state index is 12.9. The van der Waals surface area contributed by atoms with Gasteiger partial charge in [0.15, 0.2) is 0 Å². The van der Waals surface area contributed by atoms with Gasteiger partial charge < -0.3 is 0 Å². The van der Waals surface area contributed by atoms with Crippen LogP contribution in [0, 0.1) is 12.7 Å². The molecule has 0 aliphatic heterocycles. The van der Waals surface area contributed by atoms with E-state index < -0.39 is 14.9 Å². The zero-order valence-corrected chi connectivity index (χ0v) is 9.67. The highest BCUT2D eigenvalue weighted by molar-refractivity contribution is 9.10. The van der Waals surface area contributed by atoms with Crippen molar-refractivity contribution in [1.82, 2.24) is 0 Å². The minimum absolute atomic E-state index is 0.0179. The van der Waals surface area contributed by atoms with Gasteiger partial charge in [-0.15, -0.1) is 0 Å². The van der Waals surface area contributed by atoms with E-state index in [1.807, 2.05) is 0 Å². The van der Waals surface area contributed by atoms with Gasteiger partial charge in [0.05, 0.1) is 0 Å². The quantitative estimate of drug-likeness (QED) is 0.744. The van der Waals surface area contributed by atoms with Crippen molar-refractivity contribution in [1.29, 1.82) is 0 Å². The van der Waals surface area contributed by atoms with Gasteiger partial charge in [0.1, 0.15) is 10.7 Å². The first-order valence-electron chi connectivity index (χ1n) is 3.23. The van der Waals surface area contributed by atoms with Crippen LogP contribution in [0.15, 0.2) is 21.5 Å². The first-order chi connectivity index (χ1) is 5.84. The van der Waals surface area contributed by atoms with Crippen LogP contribution >= 0.6 is 26.6 Å². The molecule has 0 aromatic heterocycles. The summed E-state index contributed by atoms with van der Waals surface area (Å²) in [6.07, 6.45) is 0. The molecule has 0 aliphatic rings. The molecule has 6 heteroatoms. The van der Waals surface area contributed by atoms with E-state index in [1.165, 1.54) is 19.1 Å². The zero-order valence-electron chi connectivity index (χ0n) is 6.51. The molecule has 72 valence electrons. The summed E-state index contributed by atoms with van der Waals surface area (Å²) >= 11 is 2.99. The first kappa shape index (κ1) is 10.9. The number of hydrogen-bond donors (Lipinski definition) is 0. The highest BCUT2D eigenvalue weighted by atomic mass is 79.9. The molecule has 1 aromatic carbocycles. The van der Waals surface area contributed by atoms with E-state index in [-0.39, 0.29) is 14.9 Å². The van der Waals surface area contributed by atoms with E-state index in [2.05, 4.69) is 15.9 Å². The summed E-state index contributed by atoms with van der Waals surface area (Å²) in [5, 5.41) is 0. The van der Waals surface area contributed by atoms with Crippen LogP contribution in [-0.4, -0.2) is 8.42 Å². The van der Waals surface area contributed by atoms with Crippen LogP contribution < -0.4 is 0 Å². The van der Waals surface area contributed by atoms with Crippen LogP contribution in [0.4, 0.5) is 4.39 Å². The fourth-order valence-electron chi connectivity index (χ4n) is 0.934. The third kappa shape index (κ3) is 2.21. The van der Waals surface area contributed by atoms with Crippen LogP contribution in [-0.2, 0) is 9.05 Å². The van der Waals surface area contributed by atoms with Gasteiger partial charge in [-0.1, -0.05) is 0 Å². The summed E-state index contributed by atoms with van der Waals surface area (Å²) in [5.74, 6) is -0.595. The van der Waals surface area contributed by atoms with Crippen molar-refractivity contribution in [3.63, 3.8) is 0 Å². The van der Waals surface area contributed by atoms with Crippen LogP contribution in [0.1, 0.15) is 5.56 Å². The van der Waals surface area contributed by atoms with Gasteiger partial charge >= 0.3 is 0 Å². The predicted octanol–water partition coefficient (Wildman–Crippen LogP) is 2.82. The molecule has 0 amide bonds. The molecule has 2 nitrogen and oxygen atoms in total. The highest BCUT2D eigenvalue weighted by Gasteiger charge is 2.19. The molecule has 0 heterocycles. The van der Waals surface area contributed by atoms with Crippen molar-refractivity contribution in [2.24, 2.45) is 0 Å². The van der Waals surface area contributed by atoms with Crippen molar-refractivity contribution < 1.29 is 12.8 Å². The van der Waals surface area contributed by atoms with Crippen LogP contribution in [0.5, 0.6) is 0 Å². The summed E-state index contributed by atoms with van der Waals surface area (Å²) in [6, 6.07) is 2.47. The number of halogens is 3. The molecule has 0 saturated carbocycles. The monoisotopic (exact) mass is 286 g/mol.